The van der Waals surface area contributed by atoms with Crippen molar-refractivity contribution in [3.05, 3.63) is 52.5 Å². The number of hydrogen-bond donors (Lipinski definition) is 0. The molecule has 0 nitrogen and oxygen atoms in total. The Hall–Kier alpha value is -1.02. The lowest BCUT2D eigenvalue weighted by Crippen LogP contribution is -2.16. The molecule has 2 heteroatoms. The van der Waals surface area contributed by atoms with Crippen molar-refractivity contribution < 1.29 is 0 Å². The molecule has 0 bridgehead atoms. The summed E-state index contributed by atoms with van der Waals surface area (Å²) in [6.07, 6.45) is 0. The van der Waals surface area contributed by atoms with Gasteiger partial charge in [0.25, 0.3) is 0 Å². The van der Waals surface area contributed by atoms with Crippen molar-refractivity contribution in [1.82, 2.24) is 0 Å². The molecule has 0 radical (unpaired) electrons. The van der Waals surface area contributed by atoms with Crippen LogP contribution in [-0.4, -0.2) is 7.85 Å². The van der Waals surface area contributed by atoms with Crippen molar-refractivity contribution in [3.8, 4) is 11.1 Å². The molecule has 0 saturated heterocycles. The van der Waals surface area contributed by atoms with E-state index in [9.17, 15) is 0 Å². The zero-order chi connectivity index (χ0) is 13.3. The topological polar surface area (TPSA) is 0 Å². The lowest BCUT2D eigenvalue weighted by atomic mass is 9.79. The van der Waals surface area contributed by atoms with Gasteiger partial charge in [-0.25, -0.2) is 0 Å². The summed E-state index contributed by atoms with van der Waals surface area (Å²) in [6.45, 7) is 6.75. The summed E-state index contributed by atoms with van der Waals surface area (Å²) in [5.74, 6) is 0. The molecular weight excluding hydrogens is 283 g/mol. The highest BCUT2D eigenvalue weighted by Gasteiger charge is 2.15. The summed E-state index contributed by atoms with van der Waals surface area (Å²) in [5.41, 5.74) is 5.48. The van der Waals surface area contributed by atoms with Crippen molar-refractivity contribution in [2.24, 2.45) is 0 Å². The molecule has 0 aliphatic heterocycles. The van der Waals surface area contributed by atoms with Gasteiger partial charge in [-0.05, 0) is 28.2 Å². The molecule has 92 valence electrons. The van der Waals surface area contributed by atoms with E-state index in [0.717, 1.165) is 4.47 Å². The summed E-state index contributed by atoms with van der Waals surface area (Å²) in [4.78, 5) is 0. The predicted octanol–water partition coefficient (Wildman–Crippen LogP) is 3.67. The Balaban J connectivity index is 2.52. The molecule has 18 heavy (non-hydrogen) atoms. The van der Waals surface area contributed by atoms with Crippen LogP contribution < -0.4 is 5.46 Å². The Bertz CT molecular complexity index is 568. The van der Waals surface area contributed by atoms with Gasteiger partial charge in [0.2, 0.25) is 0 Å². The molecule has 0 saturated carbocycles. The molecule has 0 fully saturated rings. The van der Waals surface area contributed by atoms with Crippen LogP contribution in [0.1, 0.15) is 26.3 Å². The van der Waals surface area contributed by atoms with Crippen molar-refractivity contribution in [2.75, 3.05) is 0 Å². The third-order valence-electron chi connectivity index (χ3n) is 3.26. The molecule has 0 amide bonds. The van der Waals surface area contributed by atoms with Gasteiger partial charge >= 0.3 is 0 Å². The van der Waals surface area contributed by atoms with E-state index >= 15 is 0 Å². The molecule has 0 atom stereocenters. The van der Waals surface area contributed by atoms with Crippen LogP contribution >= 0.6 is 15.9 Å². The first-order valence-electron chi connectivity index (χ1n) is 6.25. The highest BCUT2D eigenvalue weighted by atomic mass is 79.9. The standard InChI is InChI=1S/C16H18BBr/c1-16(2,3)11-8-9-12(14(17)10-11)13-6-4-5-7-15(13)18/h4-10H,17H2,1-3H3. The van der Waals surface area contributed by atoms with Gasteiger partial charge in [0.1, 0.15) is 7.85 Å². The Labute approximate surface area is 119 Å². The Kier molecular flexibility index (Phi) is 3.67. The molecule has 2 aromatic carbocycles. The summed E-state index contributed by atoms with van der Waals surface area (Å²) >= 11 is 3.63. The SMILES string of the molecule is Bc1cc(C(C)(C)C)ccc1-c1ccccc1Br. The van der Waals surface area contributed by atoms with Crippen molar-refractivity contribution >= 4 is 29.2 Å². The number of benzene rings is 2. The molecule has 0 aliphatic rings. The van der Waals surface area contributed by atoms with Gasteiger partial charge in [0.05, 0.1) is 0 Å². The molecule has 0 spiro atoms. The molecule has 0 aromatic heterocycles. The van der Waals surface area contributed by atoms with Crippen molar-refractivity contribution in [2.45, 2.75) is 26.2 Å². The number of halogens is 1. The van der Waals surface area contributed by atoms with Crippen LogP contribution in [0.2, 0.25) is 0 Å². The van der Waals surface area contributed by atoms with E-state index in [0.29, 0.717) is 0 Å². The second-order valence-electron chi connectivity index (χ2n) is 5.76. The fourth-order valence-corrected chi connectivity index (χ4v) is 2.61. The maximum Gasteiger partial charge on any atom is 0.140 e. The predicted molar refractivity (Wildman–Crippen MR) is 86.5 cm³/mol. The van der Waals surface area contributed by atoms with Gasteiger partial charge in [-0.1, -0.05) is 78.6 Å². The lowest BCUT2D eigenvalue weighted by molar-refractivity contribution is 0.591. The Morgan fingerprint density at radius 1 is 0.944 bits per heavy atom. The van der Waals surface area contributed by atoms with E-state index in [1.54, 1.807) is 0 Å². The van der Waals surface area contributed by atoms with Gasteiger partial charge < -0.3 is 0 Å². The maximum atomic E-state index is 3.63. The van der Waals surface area contributed by atoms with Crippen molar-refractivity contribution in [1.29, 1.82) is 0 Å². The minimum Gasteiger partial charge on any atom is -0.0809 e. The summed E-state index contributed by atoms with van der Waals surface area (Å²) in [5, 5.41) is 0. The molecule has 2 aromatic rings. The van der Waals surface area contributed by atoms with E-state index < -0.39 is 0 Å². The van der Waals surface area contributed by atoms with Crippen LogP contribution in [-0.2, 0) is 5.41 Å². The Morgan fingerprint density at radius 2 is 1.61 bits per heavy atom. The average Bonchev–Trinajstić information content (AvgIpc) is 2.29. The largest absolute Gasteiger partial charge is 0.140 e. The van der Waals surface area contributed by atoms with Gasteiger partial charge in [0, 0.05) is 4.47 Å². The quantitative estimate of drug-likeness (QED) is 0.705. The highest BCUT2D eigenvalue weighted by Crippen LogP contribution is 2.28. The van der Waals surface area contributed by atoms with Crippen LogP contribution in [0.4, 0.5) is 0 Å². The first kappa shape index (κ1) is 13.4. The number of rotatable bonds is 1. The van der Waals surface area contributed by atoms with Gasteiger partial charge in [0.15, 0.2) is 0 Å². The van der Waals surface area contributed by atoms with Crippen LogP contribution in [0.15, 0.2) is 46.9 Å². The third kappa shape index (κ3) is 2.69. The summed E-state index contributed by atoms with van der Waals surface area (Å²) < 4.78 is 1.15. The first-order chi connectivity index (χ1) is 8.39. The number of hydrogen-bond acceptors (Lipinski definition) is 0. The molecule has 0 unspecified atom stereocenters. The van der Waals surface area contributed by atoms with Crippen LogP contribution in [0.25, 0.3) is 11.1 Å². The maximum absolute atomic E-state index is 3.63. The van der Waals surface area contributed by atoms with E-state index in [2.05, 4.69) is 80.9 Å². The molecule has 0 aliphatic carbocycles. The minimum atomic E-state index is 0.206. The van der Waals surface area contributed by atoms with Crippen LogP contribution in [0.5, 0.6) is 0 Å². The molecule has 0 heterocycles. The second-order valence-corrected chi connectivity index (χ2v) is 6.61. The smallest absolute Gasteiger partial charge is 0.0809 e. The Morgan fingerprint density at radius 3 is 2.17 bits per heavy atom. The van der Waals surface area contributed by atoms with Crippen LogP contribution in [0, 0.1) is 0 Å². The van der Waals surface area contributed by atoms with Crippen LogP contribution in [0.3, 0.4) is 0 Å². The van der Waals surface area contributed by atoms with E-state index in [-0.39, 0.29) is 5.41 Å². The molecular formula is C16H18BBr. The molecule has 2 rings (SSSR count). The summed E-state index contributed by atoms with van der Waals surface area (Å²) in [6, 6.07) is 15.1. The monoisotopic (exact) mass is 300 g/mol. The van der Waals surface area contributed by atoms with E-state index in [4.69, 9.17) is 0 Å². The van der Waals surface area contributed by atoms with E-state index in [1.807, 2.05) is 6.07 Å². The molecule has 0 N–H and O–H groups in total. The zero-order valence-corrected chi connectivity index (χ0v) is 13.0. The fraction of sp³-hybridized carbons (Fsp3) is 0.250. The highest BCUT2D eigenvalue weighted by molar-refractivity contribution is 9.10. The summed E-state index contributed by atoms with van der Waals surface area (Å²) in [7, 11) is 2.18. The van der Waals surface area contributed by atoms with E-state index in [1.165, 1.54) is 22.2 Å². The minimum absolute atomic E-state index is 0.206. The van der Waals surface area contributed by atoms with Gasteiger partial charge in [-0.2, -0.15) is 0 Å². The van der Waals surface area contributed by atoms with Gasteiger partial charge in [-0.15, -0.1) is 0 Å². The lowest BCUT2D eigenvalue weighted by Gasteiger charge is -2.21. The average molecular weight is 301 g/mol. The zero-order valence-electron chi connectivity index (χ0n) is 11.4. The normalized spacial score (nSPS) is 11.6. The second kappa shape index (κ2) is 4.93. The fourth-order valence-electron chi connectivity index (χ4n) is 2.11. The first-order valence-corrected chi connectivity index (χ1v) is 7.05. The van der Waals surface area contributed by atoms with Gasteiger partial charge in [-0.3, -0.25) is 0 Å². The third-order valence-corrected chi connectivity index (χ3v) is 3.95. The van der Waals surface area contributed by atoms with Crippen molar-refractivity contribution in [3.63, 3.8) is 0 Å².